The van der Waals surface area contributed by atoms with Crippen molar-refractivity contribution in [3.63, 3.8) is 0 Å². The second-order valence-corrected chi connectivity index (χ2v) is 9.90. The first-order valence-corrected chi connectivity index (χ1v) is 13.4. The Bertz CT molecular complexity index is 1260. The molecule has 1 aliphatic rings. The number of carboxylic acids is 2. The van der Waals surface area contributed by atoms with Gasteiger partial charge < -0.3 is 25.6 Å². The zero-order valence-corrected chi connectivity index (χ0v) is 22.1. The van der Waals surface area contributed by atoms with Gasteiger partial charge in [-0.15, -0.1) is 0 Å². The molecule has 0 saturated carbocycles. The second kappa shape index (κ2) is 14.9. The molecule has 0 radical (unpaired) electrons. The molecule has 0 aromatic heterocycles. The van der Waals surface area contributed by atoms with Gasteiger partial charge in [0.15, 0.2) is 0 Å². The van der Waals surface area contributed by atoms with Gasteiger partial charge in [-0.05, 0) is 60.7 Å². The van der Waals surface area contributed by atoms with Crippen LogP contribution in [0.2, 0.25) is 0 Å². The minimum Gasteiger partial charge on any atom is -0.493 e. The van der Waals surface area contributed by atoms with Crippen LogP contribution in [0.15, 0.2) is 41.3 Å². The summed E-state index contributed by atoms with van der Waals surface area (Å²) >= 11 is 0.863. The Morgan fingerprint density at radius 2 is 1.74 bits per heavy atom. The highest BCUT2D eigenvalue weighted by Crippen LogP contribution is 2.32. The lowest BCUT2D eigenvalue weighted by Crippen LogP contribution is -2.34. The molecule has 1 heterocycles. The summed E-state index contributed by atoms with van der Waals surface area (Å²) in [5, 5.41) is 27.2. The smallest absolute Gasteiger partial charge is 0.304 e. The topological polar surface area (TPSA) is 171 Å². The summed E-state index contributed by atoms with van der Waals surface area (Å²) in [7, 11) is 0. The normalized spacial score (nSPS) is 14.8. The van der Waals surface area contributed by atoms with E-state index in [9.17, 15) is 24.0 Å². The molecule has 5 N–H and O–H groups in total. The van der Waals surface area contributed by atoms with Crippen LogP contribution >= 0.6 is 11.8 Å². The van der Waals surface area contributed by atoms with Gasteiger partial charge in [0.1, 0.15) is 5.75 Å². The summed E-state index contributed by atoms with van der Waals surface area (Å²) in [5.41, 5.74) is 0.787. The molecule has 1 atom stereocenters. The predicted molar refractivity (Wildman–Crippen MR) is 146 cm³/mol. The van der Waals surface area contributed by atoms with Crippen LogP contribution in [0.25, 0.3) is 16.8 Å². The highest BCUT2D eigenvalue weighted by Gasteiger charge is 2.25. The van der Waals surface area contributed by atoms with Gasteiger partial charge in [0.05, 0.1) is 17.9 Å². The van der Waals surface area contributed by atoms with E-state index in [0.717, 1.165) is 28.1 Å². The molecule has 0 spiro atoms. The Hall–Kier alpha value is -3.90. The number of carboxylic acid groups (broad SMARTS) is 2. The number of ether oxygens (including phenoxy) is 1. The maximum absolute atomic E-state index is 12.2. The van der Waals surface area contributed by atoms with Gasteiger partial charge in [-0.25, -0.2) is 0 Å². The van der Waals surface area contributed by atoms with Crippen molar-refractivity contribution >= 4 is 57.6 Å². The van der Waals surface area contributed by atoms with Crippen LogP contribution in [0, 0.1) is 0 Å². The number of amides is 3. The minimum atomic E-state index is -0.996. The van der Waals surface area contributed by atoms with Gasteiger partial charge in [-0.2, -0.15) is 0 Å². The third-order valence-corrected chi connectivity index (χ3v) is 6.70. The van der Waals surface area contributed by atoms with Gasteiger partial charge in [-0.1, -0.05) is 30.3 Å². The first kappa shape index (κ1) is 29.7. The van der Waals surface area contributed by atoms with E-state index in [-0.39, 0.29) is 31.6 Å². The zero-order chi connectivity index (χ0) is 28.2. The Morgan fingerprint density at radius 1 is 0.974 bits per heavy atom. The highest BCUT2D eigenvalue weighted by molar-refractivity contribution is 8.18. The van der Waals surface area contributed by atoms with Gasteiger partial charge in [-0.3, -0.25) is 29.3 Å². The summed E-state index contributed by atoms with van der Waals surface area (Å²) < 4.78 is 5.93. The molecule has 11 nitrogen and oxygen atoms in total. The van der Waals surface area contributed by atoms with Crippen molar-refractivity contribution < 1.29 is 38.9 Å². The van der Waals surface area contributed by atoms with E-state index >= 15 is 0 Å². The molecule has 3 rings (SSSR count). The molecule has 1 saturated heterocycles. The zero-order valence-electron chi connectivity index (χ0n) is 21.2. The van der Waals surface area contributed by atoms with Gasteiger partial charge in [0, 0.05) is 30.8 Å². The van der Waals surface area contributed by atoms with Gasteiger partial charge in [0.2, 0.25) is 5.91 Å². The lowest BCUT2D eigenvalue weighted by Gasteiger charge is -2.16. The van der Waals surface area contributed by atoms with Crippen molar-refractivity contribution in [1.82, 2.24) is 16.0 Å². The van der Waals surface area contributed by atoms with Gasteiger partial charge in [0.25, 0.3) is 11.1 Å². The monoisotopic (exact) mass is 557 g/mol. The summed E-state index contributed by atoms with van der Waals surface area (Å²) in [6.45, 7) is 1.20. The Labute approximate surface area is 229 Å². The van der Waals surface area contributed by atoms with Crippen LogP contribution < -0.4 is 20.7 Å². The fourth-order valence-corrected chi connectivity index (χ4v) is 4.69. The van der Waals surface area contributed by atoms with Gasteiger partial charge >= 0.3 is 11.9 Å². The first-order chi connectivity index (χ1) is 18.7. The highest BCUT2D eigenvalue weighted by atomic mass is 32.2. The van der Waals surface area contributed by atoms with E-state index in [1.165, 1.54) is 0 Å². The maximum atomic E-state index is 12.2. The molecular weight excluding hydrogens is 526 g/mol. The SMILES string of the molecule is O=C(O)CCC(CC(=O)O)NCCCNC(=O)CCCOc1ccc(/C=C2/SC(=O)NC2=O)c2ccccc12. The number of rotatable bonds is 16. The predicted octanol–water partition coefficient (Wildman–Crippen LogP) is 3.13. The van der Waals surface area contributed by atoms with E-state index in [1.807, 2.05) is 30.3 Å². The van der Waals surface area contributed by atoms with Crippen molar-refractivity contribution in [3.05, 3.63) is 46.9 Å². The lowest BCUT2D eigenvalue weighted by molar-refractivity contribution is -0.139. The van der Waals surface area contributed by atoms with E-state index < -0.39 is 29.1 Å². The Morgan fingerprint density at radius 3 is 2.44 bits per heavy atom. The van der Waals surface area contributed by atoms with Crippen LogP contribution in [-0.4, -0.2) is 64.9 Å². The Kier molecular flexibility index (Phi) is 11.3. The molecule has 2 aromatic rings. The molecular formula is C27H31N3O8S. The van der Waals surface area contributed by atoms with Crippen LogP contribution in [0.4, 0.5) is 4.79 Å². The molecule has 2 aromatic carbocycles. The average Bonchev–Trinajstić information content (AvgIpc) is 3.21. The number of thioether (sulfide) groups is 1. The number of fused-ring (bicyclic) bond motifs is 1. The number of aliphatic carboxylic acids is 2. The van der Waals surface area contributed by atoms with Crippen molar-refractivity contribution in [1.29, 1.82) is 0 Å². The third-order valence-electron chi connectivity index (χ3n) is 5.89. The van der Waals surface area contributed by atoms with Crippen molar-refractivity contribution in [2.75, 3.05) is 19.7 Å². The summed E-state index contributed by atoms with van der Waals surface area (Å²) in [6.07, 6.45) is 2.98. The summed E-state index contributed by atoms with van der Waals surface area (Å²) in [4.78, 5) is 57.5. The number of hydrogen-bond donors (Lipinski definition) is 5. The summed E-state index contributed by atoms with van der Waals surface area (Å²) in [5.74, 6) is -1.86. The number of benzene rings is 2. The molecule has 1 fully saturated rings. The molecule has 1 aliphatic heterocycles. The number of imide groups is 1. The fraction of sp³-hybridized carbons (Fsp3) is 0.370. The average molecular weight is 558 g/mol. The van der Waals surface area contributed by atoms with E-state index in [4.69, 9.17) is 14.9 Å². The minimum absolute atomic E-state index is 0.109. The van der Waals surface area contributed by atoms with Crippen molar-refractivity contribution in [3.8, 4) is 5.75 Å². The van der Waals surface area contributed by atoms with Crippen LogP contribution in [0.1, 0.15) is 44.1 Å². The van der Waals surface area contributed by atoms with Crippen LogP contribution in [0.5, 0.6) is 5.75 Å². The largest absolute Gasteiger partial charge is 0.493 e. The molecule has 12 heteroatoms. The quantitative estimate of drug-likeness (QED) is 0.153. The lowest BCUT2D eigenvalue weighted by atomic mass is 10.0. The summed E-state index contributed by atoms with van der Waals surface area (Å²) in [6, 6.07) is 10.8. The maximum Gasteiger partial charge on any atom is 0.304 e. The first-order valence-electron chi connectivity index (χ1n) is 12.6. The molecule has 208 valence electrons. The second-order valence-electron chi connectivity index (χ2n) is 8.89. The number of nitrogens with one attached hydrogen (secondary N) is 3. The molecule has 0 aliphatic carbocycles. The Balaban J connectivity index is 1.40. The van der Waals surface area contributed by atoms with Crippen molar-refractivity contribution in [2.45, 2.75) is 44.6 Å². The standard InChI is InChI=1S/C27H31N3O8S/c31-23(29-13-4-12-28-18(16-25(34)35)9-11-24(32)33)7-3-14-38-21-10-8-17(19-5-1-2-6-20(19)21)15-22-26(36)30-27(37)39-22/h1-2,5-6,8,10,15,18,28H,3-4,7,9,11-14,16H2,(H,29,31)(H,32,33)(H,34,35)(H,30,36,37)/b22-15+. The molecule has 39 heavy (non-hydrogen) atoms. The van der Waals surface area contributed by atoms with E-state index in [2.05, 4.69) is 16.0 Å². The third kappa shape index (κ3) is 9.73. The number of carbonyl (C=O) groups excluding carboxylic acids is 3. The molecule has 1 unspecified atom stereocenters. The number of carbonyl (C=O) groups is 5. The molecule has 3 amide bonds. The van der Waals surface area contributed by atoms with Crippen LogP contribution in [0.3, 0.4) is 0 Å². The van der Waals surface area contributed by atoms with Crippen molar-refractivity contribution in [2.24, 2.45) is 0 Å². The van der Waals surface area contributed by atoms with Crippen LogP contribution in [-0.2, 0) is 19.2 Å². The van der Waals surface area contributed by atoms with E-state index in [1.54, 1.807) is 12.1 Å². The van der Waals surface area contributed by atoms with E-state index in [0.29, 0.717) is 43.2 Å². The molecule has 0 bridgehead atoms. The number of hydrogen-bond acceptors (Lipinski definition) is 8. The fourth-order valence-electron chi connectivity index (χ4n) is 4.02.